The largest absolute Gasteiger partial charge is 0.465 e. The zero-order valence-electron chi connectivity index (χ0n) is 37.2. The number of aldehydes is 1. The zero-order chi connectivity index (χ0) is 45.8. The van der Waals surface area contributed by atoms with E-state index in [1.807, 2.05) is 71.9 Å². The van der Waals surface area contributed by atoms with Crippen LogP contribution in [-0.4, -0.2) is 75.1 Å². The SMILES string of the molecule is CC=O.CCC(OCNc1ccc(C)c(NC(=O)C(c2nc3ccccc3c(=O)n2C(C(=O)N(C)C)C(C)C)n2ccnc2C(=O)Nc2ccccc2)c1)Oc1ccc(C)cc1C. The molecule has 6 aromatic rings. The Kier molecular flexibility index (Phi) is 16.1. The van der Waals surface area contributed by atoms with Crippen molar-refractivity contribution in [1.29, 1.82) is 0 Å². The first-order valence-corrected chi connectivity index (χ1v) is 20.7. The average Bonchev–Trinajstić information content (AvgIpc) is 3.74. The van der Waals surface area contributed by atoms with Crippen LogP contribution in [0.15, 0.2) is 108 Å². The molecular formula is C48H56N8O7. The standard InChI is InChI=1S/C46H52N8O6.C2H4O/c1-9-38(60-37-22-19-29(4)25-31(37)6)59-27-48-33-21-20-30(5)36(26-33)51-43(55)40(53-24-23-47-42(53)44(56)49-32-15-11-10-12-16-32)41-50-35-18-14-13-17-34(35)45(57)54(41)39(28(2)3)46(58)52(7)8;1-2-3/h10-26,28,38-40,48H,9,27H2,1-8H3,(H,49,56)(H,51,55);2H,1H3. The van der Waals surface area contributed by atoms with E-state index in [1.165, 1.54) is 33.4 Å². The number of benzene rings is 4. The van der Waals surface area contributed by atoms with Gasteiger partial charge in [0, 0.05) is 50.0 Å². The second-order valence-corrected chi connectivity index (χ2v) is 15.4. The monoisotopic (exact) mass is 856 g/mol. The fraction of sp³-hybridized carbons (Fsp3) is 0.312. The lowest BCUT2D eigenvalue weighted by Gasteiger charge is -2.30. The Bertz CT molecular complexity index is 2600. The summed E-state index contributed by atoms with van der Waals surface area (Å²) in [6.45, 7) is 13.1. The topological polar surface area (TPSA) is 179 Å². The van der Waals surface area contributed by atoms with Crippen molar-refractivity contribution in [1.82, 2.24) is 24.0 Å². The van der Waals surface area contributed by atoms with Crippen molar-refractivity contribution in [2.24, 2.45) is 5.92 Å². The number of nitrogens with one attached hydrogen (secondary N) is 3. The van der Waals surface area contributed by atoms with E-state index in [9.17, 15) is 14.4 Å². The molecule has 3 unspecified atom stereocenters. The molecule has 0 fully saturated rings. The maximum atomic E-state index is 15.1. The molecule has 4 aromatic carbocycles. The molecule has 63 heavy (non-hydrogen) atoms. The Morgan fingerprint density at radius 1 is 0.873 bits per heavy atom. The van der Waals surface area contributed by atoms with Gasteiger partial charge >= 0.3 is 0 Å². The molecule has 15 nitrogen and oxygen atoms in total. The van der Waals surface area contributed by atoms with E-state index in [1.54, 1.807) is 68.7 Å². The fourth-order valence-electron chi connectivity index (χ4n) is 6.95. The van der Waals surface area contributed by atoms with Gasteiger partial charge in [0.25, 0.3) is 17.4 Å². The lowest BCUT2D eigenvalue weighted by Crippen LogP contribution is -2.44. The number of para-hydroxylation sites is 2. The number of nitrogens with zero attached hydrogens (tertiary/aromatic N) is 5. The minimum atomic E-state index is -1.47. The first-order chi connectivity index (χ1) is 30.2. The molecule has 0 aliphatic carbocycles. The summed E-state index contributed by atoms with van der Waals surface area (Å²) < 4.78 is 14.9. The van der Waals surface area contributed by atoms with Crippen LogP contribution in [0.3, 0.4) is 0 Å². The van der Waals surface area contributed by atoms with Crippen LogP contribution in [-0.2, 0) is 19.1 Å². The smallest absolute Gasteiger partial charge is 0.291 e. The van der Waals surface area contributed by atoms with Crippen molar-refractivity contribution in [2.75, 3.05) is 36.8 Å². The number of hydrogen-bond donors (Lipinski definition) is 3. The van der Waals surface area contributed by atoms with Gasteiger partial charge in [-0.15, -0.1) is 0 Å². The summed E-state index contributed by atoms with van der Waals surface area (Å²) in [4.78, 5) is 77.1. The van der Waals surface area contributed by atoms with Crippen LogP contribution in [0.2, 0.25) is 0 Å². The number of fused-ring (bicyclic) bond motifs is 1. The van der Waals surface area contributed by atoms with E-state index in [4.69, 9.17) is 19.3 Å². The van der Waals surface area contributed by atoms with E-state index >= 15 is 4.79 Å². The number of carbonyl (C=O) groups is 4. The molecular weight excluding hydrogens is 801 g/mol. The molecule has 15 heteroatoms. The highest BCUT2D eigenvalue weighted by molar-refractivity contribution is 6.03. The van der Waals surface area contributed by atoms with E-state index in [0.717, 1.165) is 28.7 Å². The number of imidazole rings is 1. The van der Waals surface area contributed by atoms with Gasteiger partial charge < -0.3 is 39.7 Å². The fourth-order valence-corrected chi connectivity index (χ4v) is 6.95. The summed E-state index contributed by atoms with van der Waals surface area (Å²) in [7, 11) is 3.22. The third-order valence-corrected chi connectivity index (χ3v) is 10.1. The first kappa shape index (κ1) is 46.9. The zero-order valence-corrected chi connectivity index (χ0v) is 37.2. The van der Waals surface area contributed by atoms with Crippen LogP contribution in [0.5, 0.6) is 5.75 Å². The molecule has 0 saturated carbocycles. The summed E-state index contributed by atoms with van der Waals surface area (Å²) in [5.41, 5.74) is 4.31. The highest BCUT2D eigenvalue weighted by Gasteiger charge is 2.37. The minimum Gasteiger partial charge on any atom is -0.465 e. The van der Waals surface area contributed by atoms with Gasteiger partial charge in [0.05, 0.1) is 10.9 Å². The summed E-state index contributed by atoms with van der Waals surface area (Å²) >= 11 is 0. The molecule has 3 atom stereocenters. The van der Waals surface area contributed by atoms with E-state index in [2.05, 4.69) is 27.0 Å². The summed E-state index contributed by atoms with van der Waals surface area (Å²) in [6.07, 6.45) is 3.74. The molecule has 330 valence electrons. The number of likely N-dealkylation sites (N-methyl/N-ethyl adjacent to an activating group) is 1. The molecule has 0 bridgehead atoms. The van der Waals surface area contributed by atoms with Gasteiger partial charge in [-0.1, -0.05) is 74.9 Å². The third kappa shape index (κ3) is 11.4. The molecule has 3 amide bonds. The molecule has 2 aromatic heterocycles. The molecule has 3 N–H and O–H groups in total. The Hall–Kier alpha value is -7.13. The Morgan fingerprint density at radius 2 is 1.57 bits per heavy atom. The van der Waals surface area contributed by atoms with Crippen molar-refractivity contribution < 1.29 is 28.7 Å². The molecule has 6 rings (SSSR count). The second-order valence-electron chi connectivity index (χ2n) is 15.4. The molecule has 0 saturated heterocycles. The van der Waals surface area contributed by atoms with Gasteiger partial charge in [-0.3, -0.25) is 23.7 Å². The molecule has 0 spiro atoms. The number of amides is 3. The van der Waals surface area contributed by atoms with Crippen LogP contribution in [0.25, 0.3) is 10.9 Å². The average molecular weight is 857 g/mol. The number of anilines is 3. The van der Waals surface area contributed by atoms with Crippen LogP contribution < -0.4 is 26.2 Å². The number of hydrogen-bond acceptors (Lipinski definition) is 10. The molecule has 2 heterocycles. The van der Waals surface area contributed by atoms with Crippen LogP contribution in [0.4, 0.5) is 17.1 Å². The van der Waals surface area contributed by atoms with Crippen LogP contribution >= 0.6 is 0 Å². The number of aryl methyl sites for hydroxylation is 3. The number of ether oxygens (including phenoxy) is 2. The second kappa shape index (κ2) is 21.6. The Morgan fingerprint density at radius 3 is 2.24 bits per heavy atom. The third-order valence-electron chi connectivity index (χ3n) is 10.1. The highest BCUT2D eigenvalue weighted by atomic mass is 16.7. The maximum Gasteiger partial charge on any atom is 0.291 e. The van der Waals surface area contributed by atoms with Crippen molar-refractivity contribution in [3.05, 3.63) is 142 Å². The van der Waals surface area contributed by atoms with Crippen molar-refractivity contribution >= 4 is 52.0 Å². The van der Waals surface area contributed by atoms with E-state index < -0.39 is 41.7 Å². The van der Waals surface area contributed by atoms with Crippen molar-refractivity contribution in [2.45, 2.75) is 73.3 Å². The molecule has 0 aliphatic rings. The quantitative estimate of drug-likeness (QED) is 0.0646. The van der Waals surface area contributed by atoms with Gasteiger partial charge in [-0.2, -0.15) is 0 Å². The van der Waals surface area contributed by atoms with Gasteiger partial charge in [0.15, 0.2) is 11.9 Å². The number of aromatic nitrogens is 4. The summed E-state index contributed by atoms with van der Waals surface area (Å²) in [5, 5.41) is 9.42. The lowest BCUT2D eigenvalue weighted by molar-refractivity contribution is -0.134. The normalized spacial score (nSPS) is 12.3. The van der Waals surface area contributed by atoms with Crippen LogP contribution in [0, 0.1) is 26.7 Å². The molecule has 0 aliphatic heterocycles. The first-order valence-electron chi connectivity index (χ1n) is 20.7. The van der Waals surface area contributed by atoms with E-state index in [0.29, 0.717) is 29.0 Å². The summed E-state index contributed by atoms with van der Waals surface area (Å²) in [6, 6.07) is 24.6. The van der Waals surface area contributed by atoms with Crippen LogP contribution in [0.1, 0.15) is 79.3 Å². The van der Waals surface area contributed by atoms with Gasteiger partial charge in [-0.25, -0.2) is 9.97 Å². The van der Waals surface area contributed by atoms with Crippen molar-refractivity contribution in [3.8, 4) is 5.75 Å². The highest BCUT2D eigenvalue weighted by Crippen LogP contribution is 2.30. The maximum absolute atomic E-state index is 15.1. The lowest BCUT2D eigenvalue weighted by atomic mass is 10.0. The number of rotatable bonds is 16. The Labute approximate surface area is 367 Å². The Balaban J connectivity index is 0.00000242. The number of carbonyl (C=O) groups excluding carboxylic acids is 4. The predicted molar refractivity (Wildman–Crippen MR) is 245 cm³/mol. The summed E-state index contributed by atoms with van der Waals surface area (Å²) in [5.74, 6) is -1.42. The molecule has 0 radical (unpaired) electrons. The van der Waals surface area contributed by atoms with Gasteiger partial charge in [0.1, 0.15) is 30.6 Å². The van der Waals surface area contributed by atoms with Crippen molar-refractivity contribution in [3.63, 3.8) is 0 Å². The van der Waals surface area contributed by atoms with E-state index in [-0.39, 0.29) is 29.7 Å². The van der Waals surface area contributed by atoms with Gasteiger partial charge in [0.2, 0.25) is 12.2 Å². The predicted octanol–water partition coefficient (Wildman–Crippen LogP) is 7.69. The minimum absolute atomic E-state index is 0.0494. The van der Waals surface area contributed by atoms with Gasteiger partial charge in [-0.05, 0) is 87.2 Å².